The van der Waals surface area contributed by atoms with Crippen molar-refractivity contribution in [1.29, 1.82) is 0 Å². The second kappa shape index (κ2) is 8.80. The van der Waals surface area contributed by atoms with E-state index in [1.165, 1.54) is 0 Å². The average Bonchev–Trinajstić information content (AvgIpc) is 2.44. The second-order valence-corrected chi connectivity index (χ2v) is 7.72. The molecule has 0 aromatic heterocycles. The molecule has 3 N–H and O–H groups in total. The van der Waals surface area contributed by atoms with E-state index in [0.29, 0.717) is 17.7 Å². The molecule has 0 fully saturated rings. The van der Waals surface area contributed by atoms with Gasteiger partial charge in [-0.3, -0.25) is 15.6 Å². The molecular weight excluding hydrogens is 338 g/mol. The third-order valence-corrected chi connectivity index (χ3v) is 3.81. The van der Waals surface area contributed by atoms with Crippen LogP contribution in [0.15, 0.2) is 24.3 Å². The number of carbonyl (C=O) groups is 1. The molecule has 9 heteroatoms. The van der Waals surface area contributed by atoms with Crippen LogP contribution in [0.25, 0.3) is 0 Å². The lowest BCUT2D eigenvalue weighted by atomic mass is 10.1. The fraction of sp³-hybridized carbons (Fsp3) is 0.429. The molecule has 1 amide bonds. The number of methoxy groups -OCH3 is 1. The van der Waals surface area contributed by atoms with Crippen molar-refractivity contribution in [2.24, 2.45) is 0 Å². The van der Waals surface area contributed by atoms with Gasteiger partial charge in [-0.25, -0.2) is 8.42 Å². The van der Waals surface area contributed by atoms with E-state index in [1.54, 1.807) is 31.4 Å². The predicted molar refractivity (Wildman–Crippen MR) is 92.7 cm³/mol. The molecule has 0 bridgehead atoms. The Hall–Kier alpha value is -1.71. The molecule has 1 aromatic rings. The van der Waals surface area contributed by atoms with E-state index in [9.17, 15) is 13.2 Å². The first-order valence-electron chi connectivity index (χ1n) is 6.83. The molecule has 1 atom stereocenters. The van der Waals surface area contributed by atoms with Crippen LogP contribution in [0.4, 0.5) is 0 Å². The minimum atomic E-state index is -3.10. The van der Waals surface area contributed by atoms with Gasteiger partial charge in [0.25, 0.3) is 5.91 Å². The molecule has 23 heavy (non-hydrogen) atoms. The van der Waals surface area contributed by atoms with Crippen molar-refractivity contribution in [3.63, 3.8) is 0 Å². The van der Waals surface area contributed by atoms with Crippen molar-refractivity contribution in [3.05, 3.63) is 35.4 Å². The molecule has 0 radical (unpaired) electrons. The van der Waals surface area contributed by atoms with E-state index in [-0.39, 0.29) is 22.8 Å². The third-order valence-electron chi connectivity index (χ3n) is 2.73. The van der Waals surface area contributed by atoms with Crippen LogP contribution in [0.3, 0.4) is 0 Å². The first-order valence-corrected chi connectivity index (χ1v) is 9.30. The van der Waals surface area contributed by atoms with Gasteiger partial charge in [-0.15, -0.1) is 0 Å². The topological polar surface area (TPSA) is 96.5 Å². The minimum absolute atomic E-state index is 0.00665. The Balaban J connectivity index is 2.50. The normalized spacial score (nSPS) is 12.3. The zero-order chi connectivity index (χ0) is 17.5. The molecule has 0 spiro atoms. The number of sulfone groups is 1. The fourth-order valence-electron chi connectivity index (χ4n) is 1.79. The zero-order valence-electron chi connectivity index (χ0n) is 13.3. The van der Waals surface area contributed by atoms with Gasteiger partial charge < -0.3 is 10.1 Å². The maximum absolute atomic E-state index is 12.0. The van der Waals surface area contributed by atoms with E-state index >= 15 is 0 Å². The van der Waals surface area contributed by atoms with Crippen LogP contribution in [0.2, 0.25) is 0 Å². The molecule has 128 valence electrons. The Labute approximate surface area is 141 Å². The number of hydrazine groups is 1. The highest BCUT2D eigenvalue weighted by Crippen LogP contribution is 2.07. The van der Waals surface area contributed by atoms with Crippen molar-refractivity contribution in [2.75, 3.05) is 20.0 Å². The molecule has 7 nitrogen and oxygen atoms in total. The summed E-state index contributed by atoms with van der Waals surface area (Å²) in [5.41, 5.74) is 6.07. The molecule has 0 unspecified atom stereocenters. The van der Waals surface area contributed by atoms with Crippen LogP contribution in [0.5, 0.6) is 0 Å². The van der Waals surface area contributed by atoms with Crippen LogP contribution in [-0.2, 0) is 20.3 Å². The Morgan fingerprint density at radius 1 is 1.26 bits per heavy atom. The lowest BCUT2D eigenvalue weighted by Gasteiger charge is -2.16. The molecular formula is C14H21N3O4S2. The number of carbonyl (C=O) groups excluding carboxylic acids is 1. The number of hydrogen-bond donors (Lipinski definition) is 3. The maximum atomic E-state index is 12.0. The van der Waals surface area contributed by atoms with Crippen LogP contribution in [0.1, 0.15) is 22.8 Å². The smallest absolute Gasteiger partial charge is 0.269 e. The average molecular weight is 359 g/mol. The van der Waals surface area contributed by atoms with Gasteiger partial charge in [0, 0.05) is 25.0 Å². The third kappa shape index (κ3) is 7.91. The number of ether oxygens (including phenoxy) is 1. The summed E-state index contributed by atoms with van der Waals surface area (Å²) in [7, 11) is -1.51. The molecule has 0 aliphatic rings. The molecule has 0 aliphatic carbocycles. The van der Waals surface area contributed by atoms with Gasteiger partial charge in [0.05, 0.1) is 12.4 Å². The lowest BCUT2D eigenvalue weighted by molar-refractivity contribution is 0.0943. The van der Waals surface area contributed by atoms with Gasteiger partial charge in [0.15, 0.2) is 14.9 Å². The highest BCUT2D eigenvalue weighted by Gasteiger charge is 2.09. The number of thiocarbonyl (C=S) groups is 1. The van der Waals surface area contributed by atoms with Crippen molar-refractivity contribution >= 4 is 33.1 Å². The van der Waals surface area contributed by atoms with Gasteiger partial charge in [-0.1, -0.05) is 12.1 Å². The molecule has 0 saturated carbocycles. The highest BCUT2D eigenvalue weighted by atomic mass is 32.2. The Morgan fingerprint density at radius 2 is 1.87 bits per heavy atom. The maximum Gasteiger partial charge on any atom is 0.269 e. The molecule has 1 aromatic carbocycles. The lowest BCUT2D eigenvalue weighted by Crippen LogP contribution is -2.49. The van der Waals surface area contributed by atoms with Gasteiger partial charge in [-0.05, 0) is 36.8 Å². The Kier molecular flexibility index (Phi) is 7.40. The van der Waals surface area contributed by atoms with Crippen LogP contribution >= 0.6 is 12.2 Å². The summed E-state index contributed by atoms with van der Waals surface area (Å²) < 4.78 is 27.4. The van der Waals surface area contributed by atoms with Gasteiger partial charge in [0.1, 0.15) is 0 Å². The number of amides is 1. The summed E-state index contributed by atoms with van der Waals surface area (Å²) in [5, 5.41) is 3.21. The Bertz CT molecular complexity index is 644. The van der Waals surface area contributed by atoms with E-state index in [0.717, 1.165) is 6.26 Å². The Morgan fingerprint density at radius 3 is 2.39 bits per heavy atom. The molecule has 0 aliphatic heterocycles. The zero-order valence-corrected chi connectivity index (χ0v) is 14.9. The van der Waals surface area contributed by atoms with Crippen molar-refractivity contribution in [1.82, 2.24) is 16.2 Å². The summed E-state index contributed by atoms with van der Waals surface area (Å²) in [6, 6.07) is 6.33. The standard InChI is InChI=1S/C14H21N3O4S2/c1-10(8-21-2)15-14(22)17-16-13(18)12-6-4-11(5-7-12)9-23(3,19)20/h4-7,10H,8-9H2,1-3H3,(H,16,18)(H2,15,17,22)/t10-/m1/s1. The monoisotopic (exact) mass is 359 g/mol. The van der Waals surface area contributed by atoms with E-state index in [4.69, 9.17) is 17.0 Å². The number of nitrogens with one attached hydrogen (secondary N) is 3. The fourth-order valence-corrected chi connectivity index (χ4v) is 2.84. The molecule has 0 saturated heterocycles. The van der Waals surface area contributed by atoms with Crippen molar-refractivity contribution in [2.45, 2.75) is 18.7 Å². The predicted octanol–water partition coefficient (Wildman–Crippen LogP) is 0.375. The summed E-state index contributed by atoms with van der Waals surface area (Å²) in [5.74, 6) is -0.433. The van der Waals surface area contributed by atoms with Gasteiger partial charge >= 0.3 is 0 Å². The van der Waals surface area contributed by atoms with E-state index in [1.807, 2.05) is 6.92 Å². The summed E-state index contributed by atoms with van der Waals surface area (Å²) in [6.45, 7) is 2.37. The largest absolute Gasteiger partial charge is 0.383 e. The number of rotatable bonds is 6. The van der Waals surface area contributed by atoms with Crippen LogP contribution in [0, 0.1) is 0 Å². The molecule has 1 rings (SSSR count). The van der Waals surface area contributed by atoms with Crippen molar-refractivity contribution < 1.29 is 17.9 Å². The van der Waals surface area contributed by atoms with Crippen LogP contribution < -0.4 is 16.2 Å². The quantitative estimate of drug-likeness (QED) is 0.499. The second-order valence-electron chi connectivity index (χ2n) is 5.18. The number of benzene rings is 1. The highest BCUT2D eigenvalue weighted by molar-refractivity contribution is 7.89. The summed E-state index contributed by atoms with van der Waals surface area (Å²) in [6.07, 6.45) is 1.16. The van der Waals surface area contributed by atoms with Gasteiger partial charge in [0.2, 0.25) is 0 Å². The number of hydrogen-bond acceptors (Lipinski definition) is 5. The summed E-state index contributed by atoms with van der Waals surface area (Å²) in [4.78, 5) is 12.0. The first-order chi connectivity index (χ1) is 10.7. The summed E-state index contributed by atoms with van der Waals surface area (Å²) >= 11 is 5.03. The molecule has 0 heterocycles. The first kappa shape index (κ1) is 19.3. The minimum Gasteiger partial charge on any atom is -0.383 e. The van der Waals surface area contributed by atoms with Crippen LogP contribution in [-0.4, -0.2) is 45.5 Å². The van der Waals surface area contributed by atoms with E-state index < -0.39 is 9.84 Å². The van der Waals surface area contributed by atoms with E-state index in [2.05, 4.69) is 16.2 Å². The SMILES string of the molecule is COC[C@@H](C)NC(=S)NNC(=O)c1ccc(CS(C)(=O)=O)cc1. The van der Waals surface area contributed by atoms with Gasteiger partial charge in [-0.2, -0.15) is 0 Å². The van der Waals surface area contributed by atoms with Crippen molar-refractivity contribution in [3.8, 4) is 0 Å².